The van der Waals surface area contributed by atoms with E-state index < -0.39 is 0 Å². The summed E-state index contributed by atoms with van der Waals surface area (Å²) < 4.78 is 0. The Balaban J connectivity index is 2.83. The van der Waals surface area contributed by atoms with Crippen LogP contribution >= 0.6 is 0 Å². The van der Waals surface area contributed by atoms with Crippen molar-refractivity contribution in [2.24, 2.45) is 0 Å². The van der Waals surface area contributed by atoms with Crippen LogP contribution in [0.2, 0.25) is 0 Å². The Hall–Kier alpha value is -2.09. The van der Waals surface area contributed by atoms with Crippen LogP contribution in [0.25, 0.3) is 16.8 Å². The molecule has 80 valence electrons. The molecular weight excluding hydrogens is 198 g/mol. The monoisotopic (exact) mass is 211 g/mol. The molecule has 0 saturated heterocycles. The smallest absolute Gasteiger partial charge is 0.251 e. The Bertz CT molecular complexity index is 552. The van der Waals surface area contributed by atoms with Crippen LogP contribution in [0.4, 0.5) is 0 Å². The van der Waals surface area contributed by atoms with Crippen molar-refractivity contribution in [3.63, 3.8) is 0 Å². The number of carbonyl (C=O) groups excluding carboxylic acids is 1. The molecule has 2 nitrogen and oxygen atoms in total. The zero-order valence-electron chi connectivity index (χ0n) is 9.16. The highest BCUT2D eigenvalue weighted by Crippen LogP contribution is 2.23. The predicted molar refractivity (Wildman–Crippen MR) is 67.4 cm³/mol. The van der Waals surface area contributed by atoms with E-state index in [2.05, 4.69) is 11.9 Å². The fraction of sp³-hybridized carbons (Fsp3) is 0.0714. The Kier molecular flexibility index (Phi) is 2.73. The van der Waals surface area contributed by atoms with Crippen molar-refractivity contribution in [3.05, 3.63) is 54.1 Å². The van der Waals surface area contributed by atoms with Gasteiger partial charge in [-0.1, -0.05) is 43.0 Å². The van der Waals surface area contributed by atoms with Crippen LogP contribution in [0.15, 0.2) is 43.0 Å². The van der Waals surface area contributed by atoms with Crippen LogP contribution < -0.4 is 5.32 Å². The lowest BCUT2D eigenvalue weighted by Gasteiger charge is -2.08. The molecule has 0 aromatic heterocycles. The van der Waals surface area contributed by atoms with E-state index in [9.17, 15) is 4.79 Å². The van der Waals surface area contributed by atoms with Gasteiger partial charge in [0.25, 0.3) is 5.91 Å². The van der Waals surface area contributed by atoms with Crippen molar-refractivity contribution in [1.29, 1.82) is 0 Å². The van der Waals surface area contributed by atoms with Crippen LogP contribution in [-0.4, -0.2) is 13.0 Å². The largest absolute Gasteiger partial charge is 0.355 e. The molecule has 2 aromatic rings. The number of benzene rings is 2. The van der Waals surface area contributed by atoms with E-state index in [-0.39, 0.29) is 5.91 Å². The van der Waals surface area contributed by atoms with E-state index >= 15 is 0 Å². The SMILES string of the molecule is C=Cc1cccc2cccc(C(=O)NC)c12. The van der Waals surface area contributed by atoms with Crippen molar-refractivity contribution in [1.82, 2.24) is 5.32 Å². The Labute approximate surface area is 94.6 Å². The molecule has 0 spiro atoms. The van der Waals surface area contributed by atoms with Crippen LogP contribution in [-0.2, 0) is 0 Å². The normalized spacial score (nSPS) is 10.1. The molecule has 0 fully saturated rings. The maximum atomic E-state index is 11.8. The summed E-state index contributed by atoms with van der Waals surface area (Å²) in [5, 5.41) is 4.66. The summed E-state index contributed by atoms with van der Waals surface area (Å²) in [7, 11) is 1.64. The van der Waals surface area contributed by atoms with E-state index in [0.29, 0.717) is 5.56 Å². The molecule has 0 aliphatic carbocycles. The lowest BCUT2D eigenvalue weighted by Crippen LogP contribution is -2.18. The molecule has 16 heavy (non-hydrogen) atoms. The highest BCUT2D eigenvalue weighted by Gasteiger charge is 2.09. The molecule has 0 atom stereocenters. The van der Waals surface area contributed by atoms with Gasteiger partial charge in [-0.3, -0.25) is 4.79 Å². The van der Waals surface area contributed by atoms with Gasteiger partial charge in [-0.25, -0.2) is 0 Å². The third-order valence-corrected chi connectivity index (χ3v) is 2.63. The zero-order chi connectivity index (χ0) is 11.5. The quantitative estimate of drug-likeness (QED) is 0.813. The number of rotatable bonds is 2. The average Bonchev–Trinajstić information content (AvgIpc) is 2.36. The van der Waals surface area contributed by atoms with E-state index in [1.54, 1.807) is 13.1 Å². The van der Waals surface area contributed by atoms with Crippen molar-refractivity contribution in [3.8, 4) is 0 Å². The Morgan fingerprint density at radius 3 is 2.56 bits per heavy atom. The van der Waals surface area contributed by atoms with Crippen LogP contribution in [0, 0.1) is 0 Å². The number of carbonyl (C=O) groups is 1. The first-order valence-electron chi connectivity index (χ1n) is 5.14. The minimum absolute atomic E-state index is 0.0695. The molecule has 1 amide bonds. The van der Waals surface area contributed by atoms with Gasteiger partial charge in [0.05, 0.1) is 0 Å². The maximum Gasteiger partial charge on any atom is 0.251 e. The molecule has 2 rings (SSSR count). The first-order valence-corrected chi connectivity index (χ1v) is 5.14. The summed E-state index contributed by atoms with van der Waals surface area (Å²) in [5.41, 5.74) is 1.67. The summed E-state index contributed by atoms with van der Waals surface area (Å²) >= 11 is 0. The number of fused-ring (bicyclic) bond motifs is 1. The molecule has 0 heterocycles. The van der Waals surface area contributed by atoms with Crippen LogP contribution in [0.1, 0.15) is 15.9 Å². The molecular formula is C14H13NO. The fourth-order valence-corrected chi connectivity index (χ4v) is 1.86. The van der Waals surface area contributed by atoms with E-state index in [0.717, 1.165) is 16.3 Å². The van der Waals surface area contributed by atoms with Gasteiger partial charge in [-0.15, -0.1) is 0 Å². The summed E-state index contributed by atoms with van der Waals surface area (Å²) in [5.74, 6) is -0.0695. The van der Waals surface area contributed by atoms with Gasteiger partial charge in [0, 0.05) is 18.0 Å². The zero-order valence-corrected chi connectivity index (χ0v) is 9.16. The van der Waals surface area contributed by atoms with Crippen molar-refractivity contribution >= 4 is 22.8 Å². The van der Waals surface area contributed by atoms with Gasteiger partial charge in [-0.05, 0) is 17.0 Å². The summed E-state index contributed by atoms with van der Waals surface area (Å²) in [4.78, 5) is 11.8. The van der Waals surface area contributed by atoms with E-state index in [4.69, 9.17) is 0 Å². The second-order valence-corrected chi connectivity index (χ2v) is 3.53. The number of amides is 1. The average molecular weight is 211 g/mol. The highest BCUT2D eigenvalue weighted by atomic mass is 16.1. The second kappa shape index (κ2) is 4.19. The summed E-state index contributed by atoms with van der Waals surface area (Å²) in [6.45, 7) is 3.78. The Morgan fingerprint density at radius 1 is 1.25 bits per heavy atom. The number of hydrogen-bond donors (Lipinski definition) is 1. The number of nitrogens with one attached hydrogen (secondary N) is 1. The molecule has 2 aromatic carbocycles. The van der Waals surface area contributed by atoms with Gasteiger partial charge >= 0.3 is 0 Å². The first kappa shape index (κ1) is 10.4. The molecule has 0 aliphatic heterocycles. The fourth-order valence-electron chi connectivity index (χ4n) is 1.86. The molecule has 0 saturated carbocycles. The predicted octanol–water partition coefficient (Wildman–Crippen LogP) is 2.84. The van der Waals surface area contributed by atoms with Gasteiger partial charge in [0.2, 0.25) is 0 Å². The lowest BCUT2D eigenvalue weighted by molar-refractivity contribution is 0.0964. The van der Waals surface area contributed by atoms with Crippen molar-refractivity contribution < 1.29 is 4.79 Å². The van der Waals surface area contributed by atoms with E-state index in [1.807, 2.05) is 36.4 Å². The van der Waals surface area contributed by atoms with Gasteiger partial charge in [-0.2, -0.15) is 0 Å². The minimum Gasteiger partial charge on any atom is -0.355 e. The molecule has 0 bridgehead atoms. The molecule has 0 aliphatic rings. The third kappa shape index (κ3) is 1.58. The first-order chi connectivity index (χ1) is 7.77. The van der Waals surface area contributed by atoms with Crippen LogP contribution in [0.3, 0.4) is 0 Å². The lowest BCUT2D eigenvalue weighted by atomic mass is 9.99. The number of hydrogen-bond acceptors (Lipinski definition) is 1. The van der Waals surface area contributed by atoms with E-state index in [1.165, 1.54) is 0 Å². The Morgan fingerprint density at radius 2 is 1.94 bits per heavy atom. The topological polar surface area (TPSA) is 29.1 Å². The molecule has 2 heteroatoms. The third-order valence-electron chi connectivity index (χ3n) is 2.63. The minimum atomic E-state index is -0.0695. The molecule has 1 N–H and O–H groups in total. The maximum absolute atomic E-state index is 11.8. The van der Waals surface area contributed by atoms with Crippen molar-refractivity contribution in [2.75, 3.05) is 7.05 Å². The van der Waals surface area contributed by atoms with Gasteiger partial charge in [0.1, 0.15) is 0 Å². The summed E-state index contributed by atoms with van der Waals surface area (Å²) in [6, 6.07) is 11.6. The second-order valence-electron chi connectivity index (χ2n) is 3.53. The molecule has 0 radical (unpaired) electrons. The van der Waals surface area contributed by atoms with Crippen LogP contribution in [0.5, 0.6) is 0 Å². The van der Waals surface area contributed by atoms with Gasteiger partial charge < -0.3 is 5.32 Å². The van der Waals surface area contributed by atoms with Gasteiger partial charge in [0.15, 0.2) is 0 Å². The molecule has 0 unspecified atom stereocenters. The highest BCUT2D eigenvalue weighted by molar-refractivity contribution is 6.09. The summed E-state index contributed by atoms with van der Waals surface area (Å²) in [6.07, 6.45) is 1.77. The standard InChI is InChI=1S/C14H13NO/c1-3-10-6-4-7-11-8-5-9-12(13(10)11)14(16)15-2/h3-9H,1H2,2H3,(H,15,16). The van der Waals surface area contributed by atoms with Crippen molar-refractivity contribution in [2.45, 2.75) is 0 Å².